The molecule has 0 bridgehead atoms. The van der Waals surface area contributed by atoms with Crippen LogP contribution < -0.4 is 9.47 Å². The molecule has 0 aliphatic rings. The van der Waals surface area contributed by atoms with Crippen LogP contribution in [0.15, 0.2) is 73.1 Å². The van der Waals surface area contributed by atoms with Crippen molar-refractivity contribution < 1.29 is 9.47 Å². The molecule has 0 unspecified atom stereocenters. The van der Waals surface area contributed by atoms with Crippen LogP contribution in [0.1, 0.15) is 38.1 Å². The number of rotatable bonds is 9. The zero-order valence-electron chi connectivity index (χ0n) is 19.5. The normalized spacial score (nSPS) is 11.0. The van der Waals surface area contributed by atoms with Gasteiger partial charge in [-0.25, -0.2) is 0 Å². The molecule has 4 nitrogen and oxygen atoms in total. The number of benzene rings is 2. The molecule has 0 spiro atoms. The average molecular weight is 429 g/mol. The molecule has 0 amide bonds. The first kappa shape index (κ1) is 21.8. The molecule has 0 aliphatic carbocycles. The number of ether oxygens (including phenoxy) is 2. The fraction of sp³-hybridized carbons (Fsp3) is 0.286. The first-order valence-corrected chi connectivity index (χ1v) is 11.4. The van der Waals surface area contributed by atoms with Gasteiger partial charge in [-0.05, 0) is 73.5 Å². The quantitative estimate of drug-likeness (QED) is 0.291. The fourth-order valence-electron chi connectivity index (χ4n) is 4.20. The molecular formula is C28H32N2O2. The molecule has 2 aromatic heterocycles. The van der Waals surface area contributed by atoms with Crippen LogP contribution in [0.25, 0.3) is 22.5 Å². The number of methoxy groups -OCH3 is 2. The third-order valence-corrected chi connectivity index (χ3v) is 5.85. The number of aryl methyl sites for hydroxylation is 2. The van der Waals surface area contributed by atoms with Crippen molar-refractivity contribution in [2.45, 2.75) is 39.5 Å². The highest BCUT2D eigenvalue weighted by Crippen LogP contribution is 2.30. The maximum atomic E-state index is 5.33. The van der Waals surface area contributed by atoms with Crippen molar-refractivity contribution in [1.82, 2.24) is 9.13 Å². The highest BCUT2D eigenvalue weighted by atomic mass is 16.5. The molecule has 0 saturated heterocycles. The summed E-state index contributed by atoms with van der Waals surface area (Å²) in [5.41, 5.74) is 7.44. The number of hydrogen-bond donors (Lipinski definition) is 0. The lowest BCUT2D eigenvalue weighted by Gasteiger charge is -2.09. The Balaban J connectivity index is 1.75. The Morgan fingerprint density at radius 3 is 1.28 bits per heavy atom. The van der Waals surface area contributed by atoms with Gasteiger partial charge in [0.25, 0.3) is 0 Å². The van der Waals surface area contributed by atoms with E-state index >= 15 is 0 Å². The molecule has 4 rings (SSSR count). The van der Waals surface area contributed by atoms with E-state index in [2.05, 4.69) is 71.8 Å². The second-order valence-electron chi connectivity index (χ2n) is 8.08. The van der Waals surface area contributed by atoms with E-state index in [1.165, 1.54) is 22.5 Å². The molecule has 0 N–H and O–H groups in total. The minimum Gasteiger partial charge on any atom is -0.497 e. The van der Waals surface area contributed by atoms with Crippen LogP contribution in [-0.4, -0.2) is 23.4 Å². The second-order valence-corrected chi connectivity index (χ2v) is 8.08. The van der Waals surface area contributed by atoms with Gasteiger partial charge in [0.15, 0.2) is 0 Å². The van der Waals surface area contributed by atoms with Gasteiger partial charge in [0, 0.05) is 46.3 Å². The summed E-state index contributed by atoms with van der Waals surface area (Å²) in [5, 5.41) is 0. The van der Waals surface area contributed by atoms with E-state index in [4.69, 9.17) is 9.47 Å². The Kier molecular flexibility index (Phi) is 6.69. The Hall–Kier alpha value is -3.40. The molecule has 4 aromatic rings. The van der Waals surface area contributed by atoms with Gasteiger partial charge >= 0.3 is 0 Å². The molecule has 0 atom stereocenters. The zero-order chi connectivity index (χ0) is 22.5. The molecule has 2 aromatic carbocycles. The van der Waals surface area contributed by atoms with E-state index in [0.717, 1.165) is 48.6 Å². The van der Waals surface area contributed by atoms with Crippen molar-refractivity contribution in [3.05, 3.63) is 84.4 Å². The minimum absolute atomic E-state index is 0.874. The summed E-state index contributed by atoms with van der Waals surface area (Å²) in [6.45, 7) is 4.45. The van der Waals surface area contributed by atoms with E-state index < -0.39 is 0 Å². The highest BCUT2D eigenvalue weighted by molar-refractivity contribution is 5.66. The molecule has 2 heterocycles. The van der Waals surface area contributed by atoms with Crippen LogP contribution in [-0.2, 0) is 12.8 Å². The van der Waals surface area contributed by atoms with Crippen LogP contribution >= 0.6 is 0 Å². The molecule has 0 aliphatic heterocycles. The predicted octanol–water partition coefficient (Wildman–Crippen LogP) is 6.86. The van der Waals surface area contributed by atoms with Gasteiger partial charge in [-0.1, -0.05) is 26.7 Å². The number of hydrogen-bond acceptors (Lipinski definition) is 2. The standard InChI is InChI=1S/C28H32N2O2/c1-5-7-25-17-21(19-29(25)23-9-13-27(31-3)14-10-23)22-18-26(8-6-2)30(20-22)24-11-15-28(32-4)16-12-24/h9-20H,5-8H2,1-4H3. The predicted molar refractivity (Wildman–Crippen MR) is 132 cm³/mol. The monoisotopic (exact) mass is 428 g/mol. The average Bonchev–Trinajstić information content (AvgIpc) is 3.44. The van der Waals surface area contributed by atoms with Crippen molar-refractivity contribution in [1.29, 1.82) is 0 Å². The summed E-state index contributed by atoms with van der Waals surface area (Å²) >= 11 is 0. The van der Waals surface area contributed by atoms with Gasteiger partial charge in [0.05, 0.1) is 14.2 Å². The molecule has 166 valence electrons. The van der Waals surface area contributed by atoms with Crippen LogP contribution in [0.3, 0.4) is 0 Å². The Morgan fingerprint density at radius 2 is 0.969 bits per heavy atom. The first-order valence-electron chi connectivity index (χ1n) is 11.4. The van der Waals surface area contributed by atoms with E-state index in [1.807, 2.05) is 24.3 Å². The van der Waals surface area contributed by atoms with Crippen LogP contribution in [0.4, 0.5) is 0 Å². The second kappa shape index (κ2) is 9.82. The van der Waals surface area contributed by atoms with Crippen LogP contribution in [0.5, 0.6) is 11.5 Å². The van der Waals surface area contributed by atoms with Crippen LogP contribution in [0, 0.1) is 0 Å². The summed E-state index contributed by atoms with van der Waals surface area (Å²) in [4.78, 5) is 0. The van der Waals surface area contributed by atoms with E-state index in [9.17, 15) is 0 Å². The number of nitrogens with zero attached hydrogens (tertiary/aromatic N) is 2. The summed E-state index contributed by atoms with van der Waals surface area (Å²) in [7, 11) is 3.40. The third-order valence-electron chi connectivity index (χ3n) is 5.85. The topological polar surface area (TPSA) is 28.3 Å². The highest BCUT2D eigenvalue weighted by Gasteiger charge is 2.14. The van der Waals surface area contributed by atoms with Crippen molar-refractivity contribution in [3.8, 4) is 34.0 Å². The largest absolute Gasteiger partial charge is 0.497 e. The van der Waals surface area contributed by atoms with Gasteiger partial charge in [0.2, 0.25) is 0 Å². The first-order chi connectivity index (χ1) is 15.7. The summed E-state index contributed by atoms with van der Waals surface area (Å²) in [6, 6.07) is 21.2. The molecule has 32 heavy (non-hydrogen) atoms. The Labute approximate surface area is 191 Å². The summed E-state index contributed by atoms with van der Waals surface area (Å²) < 4.78 is 15.3. The lowest BCUT2D eigenvalue weighted by atomic mass is 10.1. The lowest BCUT2D eigenvalue weighted by Crippen LogP contribution is -1.98. The minimum atomic E-state index is 0.874. The molecule has 4 heteroatoms. The Morgan fingerprint density at radius 1 is 0.594 bits per heavy atom. The van der Waals surface area contributed by atoms with Crippen molar-refractivity contribution >= 4 is 0 Å². The molecule has 0 fully saturated rings. The lowest BCUT2D eigenvalue weighted by molar-refractivity contribution is 0.414. The van der Waals surface area contributed by atoms with Crippen LogP contribution in [0.2, 0.25) is 0 Å². The smallest absolute Gasteiger partial charge is 0.119 e. The van der Waals surface area contributed by atoms with Gasteiger partial charge in [-0.2, -0.15) is 0 Å². The zero-order valence-corrected chi connectivity index (χ0v) is 19.5. The van der Waals surface area contributed by atoms with E-state index in [0.29, 0.717) is 0 Å². The molecule has 0 saturated carbocycles. The third kappa shape index (κ3) is 4.45. The fourth-order valence-corrected chi connectivity index (χ4v) is 4.20. The van der Waals surface area contributed by atoms with Gasteiger partial charge < -0.3 is 18.6 Å². The maximum Gasteiger partial charge on any atom is 0.119 e. The van der Waals surface area contributed by atoms with Gasteiger partial charge in [0.1, 0.15) is 11.5 Å². The van der Waals surface area contributed by atoms with Crippen molar-refractivity contribution in [3.63, 3.8) is 0 Å². The SMILES string of the molecule is CCCc1cc(-c2cc(CCC)n(-c3ccc(OC)cc3)c2)cn1-c1ccc(OC)cc1. The van der Waals surface area contributed by atoms with Crippen molar-refractivity contribution in [2.24, 2.45) is 0 Å². The summed E-state index contributed by atoms with van der Waals surface area (Å²) in [5.74, 6) is 1.75. The van der Waals surface area contributed by atoms with E-state index in [1.54, 1.807) is 14.2 Å². The Bertz CT molecular complexity index is 1060. The number of aromatic nitrogens is 2. The maximum absolute atomic E-state index is 5.33. The molecular weight excluding hydrogens is 396 g/mol. The van der Waals surface area contributed by atoms with E-state index in [-0.39, 0.29) is 0 Å². The van der Waals surface area contributed by atoms with Crippen molar-refractivity contribution in [2.75, 3.05) is 14.2 Å². The molecule has 0 radical (unpaired) electrons. The summed E-state index contributed by atoms with van der Waals surface area (Å²) in [6.07, 6.45) is 8.80. The van der Waals surface area contributed by atoms with Gasteiger partial charge in [-0.15, -0.1) is 0 Å². The van der Waals surface area contributed by atoms with Gasteiger partial charge in [-0.3, -0.25) is 0 Å².